The summed E-state index contributed by atoms with van der Waals surface area (Å²) in [6, 6.07) is 4.29. The van der Waals surface area contributed by atoms with Gasteiger partial charge in [0.2, 0.25) is 0 Å². The van der Waals surface area contributed by atoms with E-state index in [4.69, 9.17) is 32.7 Å². The van der Waals surface area contributed by atoms with Gasteiger partial charge in [0, 0.05) is 15.6 Å². The summed E-state index contributed by atoms with van der Waals surface area (Å²) in [7, 11) is 0. The van der Waals surface area contributed by atoms with E-state index in [2.05, 4.69) is 4.99 Å². The van der Waals surface area contributed by atoms with Crippen molar-refractivity contribution in [3.8, 4) is 0 Å². The van der Waals surface area contributed by atoms with E-state index in [0.717, 1.165) is 0 Å². The lowest BCUT2D eigenvalue weighted by molar-refractivity contribution is -0.146. The van der Waals surface area contributed by atoms with Crippen LogP contribution in [-0.4, -0.2) is 25.0 Å². The van der Waals surface area contributed by atoms with Gasteiger partial charge >= 0.3 is 5.97 Å². The fraction of sp³-hybridized carbons (Fsp3) is 0.333. The highest BCUT2D eigenvalue weighted by molar-refractivity contribution is 6.35. The molecule has 0 saturated heterocycles. The first-order valence-corrected chi connectivity index (χ1v) is 6.17. The zero-order valence-electron chi connectivity index (χ0n) is 9.60. The lowest BCUT2D eigenvalue weighted by Gasteiger charge is -2.17. The molecule has 0 bridgehead atoms. The highest BCUT2D eigenvalue weighted by Gasteiger charge is 2.36. The number of hydrogen-bond acceptors (Lipinski definition) is 4. The molecule has 18 heavy (non-hydrogen) atoms. The molecular formula is C12H11Cl2NO3. The number of halogens is 2. The minimum absolute atomic E-state index is 0.298. The highest BCUT2D eigenvalue weighted by atomic mass is 35.5. The maximum absolute atomic E-state index is 11.7. The zero-order chi connectivity index (χ0) is 13.1. The quantitative estimate of drug-likeness (QED) is 0.803. The standard InChI is InChI=1S/C12H11Cl2NO3/c1-2-17-12(16)10-11(18-6-15-10)8-4-3-7(13)5-9(8)14/h3-6,10-11H,2H2,1H3. The molecule has 1 aliphatic heterocycles. The summed E-state index contributed by atoms with van der Waals surface area (Å²) in [6.45, 7) is 2.04. The van der Waals surface area contributed by atoms with Crippen LogP contribution in [0, 0.1) is 0 Å². The Morgan fingerprint density at radius 2 is 2.28 bits per heavy atom. The first-order valence-electron chi connectivity index (χ1n) is 5.42. The van der Waals surface area contributed by atoms with Crippen molar-refractivity contribution in [3.05, 3.63) is 33.8 Å². The third kappa shape index (κ3) is 2.60. The molecule has 1 aromatic rings. The molecule has 0 aliphatic carbocycles. The number of benzene rings is 1. The van der Waals surface area contributed by atoms with Gasteiger partial charge in [-0.25, -0.2) is 9.79 Å². The molecule has 1 aliphatic rings. The minimum Gasteiger partial charge on any atom is -0.473 e. The number of carbonyl (C=O) groups is 1. The van der Waals surface area contributed by atoms with Crippen molar-refractivity contribution in [2.45, 2.75) is 19.1 Å². The van der Waals surface area contributed by atoms with Crippen molar-refractivity contribution in [1.29, 1.82) is 0 Å². The average Bonchev–Trinajstić information content (AvgIpc) is 2.78. The number of rotatable bonds is 3. The Bertz CT molecular complexity index is 490. The fourth-order valence-electron chi connectivity index (χ4n) is 1.71. The number of esters is 1. The smallest absolute Gasteiger partial charge is 0.335 e. The minimum atomic E-state index is -0.719. The Balaban J connectivity index is 2.24. The fourth-order valence-corrected chi connectivity index (χ4v) is 2.22. The number of aliphatic imine (C=N–C) groups is 1. The van der Waals surface area contributed by atoms with E-state index in [1.807, 2.05) is 0 Å². The van der Waals surface area contributed by atoms with Crippen LogP contribution >= 0.6 is 23.2 Å². The number of ether oxygens (including phenoxy) is 2. The van der Waals surface area contributed by atoms with Crippen molar-refractivity contribution in [2.75, 3.05) is 6.61 Å². The van der Waals surface area contributed by atoms with Crippen LogP contribution in [0.5, 0.6) is 0 Å². The summed E-state index contributed by atoms with van der Waals surface area (Å²) in [4.78, 5) is 15.7. The number of nitrogens with zero attached hydrogens (tertiary/aromatic N) is 1. The van der Waals surface area contributed by atoms with Gasteiger partial charge in [-0.2, -0.15) is 0 Å². The molecule has 2 rings (SSSR count). The molecule has 0 saturated carbocycles. The largest absolute Gasteiger partial charge is 0.473 e. The molecule has 1 heterocycles. The van der Waals surface area contributed by atoms with Crippen LogP contribution in [-0.2, 0) is 14.3 Å². The first kappa shape index (κ1) is 13.2. The lowest BCUT2D eigenvalue weighted by Crippen LogP contribution is -2.26. The van der Waals surface area contributed by atoms with Gasteiger partial charge in [-0.3, -0.25) is 0 Å². The Labute approximate surface area is 115 Å². The van der Waals surface area contributed by atoms with Gasteiger partial charge in [-0.1, -0.05) is 29.3 Å². The molecule has 2 unspecified atom stereocenters. The summed E-state index contributed by atoms with van der Waals surface area (Å²) in [5.74, 6) is -0.428. The van der Waals surface area contributed by atoms with Crippen molar-refractivity contribution in [1.82, 2.24) is 0 Å². The summed E-state index contributed by atoms with van der Waals surface area (Å²) in [5, 5.41) is 0.961. The molecule has 0 amide bonds. The molecule has 0 N–H and O–H groups in total. The Morgan fingerprint density at radius 1 is 1.50 bits per heavy atom. The summed E-state index contributed by atoms with van der Waals surface area (Å²) < 4.78 is 10.3. The van der Waals surface area contributed by atoms with Crippen molar-refractivity contribution in [2.24, 2.45) is 4.99 Å². The molecular weight excluding hydrogens is 277 g/mol. The average molecular weight is 288 g/mol. The Hall–Kier alpha value is -1.26. The van der Waals surface area contributed by atoms with E-state index in [1.54, 1.807) is 25.1 Å². The third-order valence-electron chi connectivity index (χ3n) is 2.51. The predicted molar refractivity (Wildman–Crippen MR) is 69.2 cm³/mol. The van der Waals surface area contributed by atoms with Gasteiger partial charge in [0.15, 0.2) is 18.5 Å². The van der Waals surface area contributed by atoms with Gasteiger partial charge in [-0.05, 0) is 19.1 Å². The van der Waals surface area contributed by atoms with Crippen molar-refractivity contribution >= 4 is 35.6 Å². The summed E-state index contributed by atoms with van der Waals surface area (Å²) in [5.41, 5.74) is 0.664. The van der Waals surface area contributed by atoms with Gasteiger partial charge in [-0.15, -0.1) is 0 Å². The Kier molecular flexibility index (Phi) is 4.09. The molecule has 96 valence electrons. The van der Waals surface area contributed by atoms with Crippen LogP contribution in [0.4, 0.5) is 0 Å². The molecule has 0 aromatic heterocycles. The summed E-state index contributed by atoms with van der Waals surface area (Å²) in [6.07, 6.45) is 0.686. The topological polar surface area (TPSA) is 47.9 Å². The van der Waals surface area contributed by atoms with Crippen LogP contribution in [0.15, 0.2) is 23.2 Å². The second-order valence-electron chi connectivity index (χ2n) is 3.67. The van der Waals surface area contributed by atoms with Gasteiger partial charge in [0.05, 0.1) is 6.61 Å². The maximum Gasteiger partial charge on any atom is 0.335 e. The molecule has 2 atom stereocenters. The predicted octanol–water partition coefficient (Wildman–Crippen LogP) is 3.02. The lowest BCUT2D eigenvalue weighted by atomic mass is 10.0. The zero-order valence-corrected chi connectivity index (χ0v) is 11.1. The Morgan fingerprint density at radius 3 is 2.94 bits per heavy atom. The van der Waals surface area contributed by atoms with E-state index >= 15 is 0 Å². The van der Waals surface area contributed by atoms with Crippen molar-refractivity contribution < 1.29 is 14.3 Å². The molecule has 4 nitrogen and oxygen atoms in total. The summed E-state index contributed by atoms with van der Waals surface area (Å²) >= 11 is 11.9. The molecule has 1 aromatic carbocycles. The van der Waals surface area contributed by atoms with Crippen LogP contribution < -0.4 is 0 Å². The van der Waals surface area contributed by atoms with Gasteiger partial charge in [0.1, 0.15) is 0 Å². The number of carbonyl (C=O) groups excluding carboxylic acids is 1. The first-order chi connectivity index (χ1) is 8.63. The van der Waals surface area contributed by atoms with E-state index in [-0.39, 0.29) is 0 Å². The van der Waals surface area contributed by atoms with Crippen molar-refractivity contribution in [3.63, 3.8) is 0 Å². The molecule has 0 fully saturated rings. The van der Waals surface area contributed by atoms with E-state index in [9.17, 15) is 4.79 Å². The molecule has 6 heteroatoms. The van der Waals surface area contributed by atoms with Crippen LogP contribution in [0.3, 0.4) is 0 Å². The second kappa shape index (κ2) is 5.59. The molecule has 0 radical (unpaired) electrons. The van der Waals surface area contributed by atoms with E-state index < -0.39 is 18.1 Å². The van der Waals surface area contributed by atoms with E-state index in [1.165, 1.54) is 6.40 Å². The van der Waals surface area contributed by atoms with Crippen LogP contribution in [0.25, 0.3) is 0 Å². The SMILES string of the molecule is CCOC(=O)C1N=COC1c1ccc(Cl)cc1Cl. The van der Waals surface area contributed by atoms with Gasteiger partial charge < -0.3 is 9.47 Å². The maximum atomic E-state index is 11.7. The monoisotopic (exact) mass is 287 g/mol. The van der Waals surface area contributed by atoms with Gasteiger partial charge in [0.25, 0.3) is 0 Å². The molecule has 0 spiro atoms. The van der Waals surface area contributed by atoms with Crippen LogP contribution in [0.2, 0.25) is 10.0 Å². The van der Waals surface area contributed by atoms with E-state index in [0.29, 0.717) is 22.2 Å². The highest BCUT2D eigenvalue weighted by Crippen LogP contribution is 2.34. The third-order valence-corrected chi connectivity index (χ3v) is 3.08. The normalized spacial score (nSPS) is 21.7. The second-order valence-corrected chi connectivity index (χ2v) is 4.52. The number of hydrogen-bond donors (Lipinski definition) is 0. The van der Waals surface area contributed by atoms with Crippen LogP contribution in [0.1, 0.15) is 18.6 Å².